The van der Waals surface area contributed by atoms with E-state index in [1.165, 1.54) is 0 Å². The number of pyridine rings is 1. The average molecular weight is 364 g/mol. The molecule has 4 aromatic rings. The van der Waals surface area contributed by atoms with E-state index in [0.717, 1.165) is 16.9 Å². The smallest absolute Gasteiger partial charge is 0.324 e. The van der Waals surface area contributed by atoms with Gasteiger partial charge >= 0.3 is 6.03 Å². The number of aromatic nitrogens is 2. The summed E-state index contributed by atoms with van der Waals surface area (Å²) >= 11 is 1.59. The number of imidazole rings is 1. The summed E-state index contributed by atoms with van der Waals surface area (Å²) in [5.41, 5.74) is 3.12. The third-order valence-corrected chi connectivity index (χ3v) is 4.57. The molecule has 0 atom stereocenters. The lowest BCUT2D eigenvalue weighted by Gasteiger charge is -2.10. The molecule has 0 aliphatic heterocycles. The van der Waals surface area contributed by atoms with Crippen LogP contribution in [-0.2, 0) is 0 Å². The summed E-state index contributed by atoms with van der Waals surface area (Å²) in [6, 6.07) is 14.6. The van der Waals surface area contributed by atoms with Crippen molar-refractivity contribution in [3.05, 3.63) is 65.5 Å². The molecule has 1 aromatic carbocycles. The molecule has 26 heavy (non-hydrogen) atoms. The normalized spacial score (nSPS) is 10.7. The molecule has 0 aliphatic carbocycles. The second-order valence-corrected chi connectivity index (χ2v) is 6.34. The van der Waals surface area contributed by atoms with Crippen LogP contribution >= 0.6 is 11.3 Å². The number of benzene rings is 1. The van der Waals surface area contributed by atoms with Gasteiger partial charge in [-0.3, -0.25) is 9.72 Å². The van der Waals surface area contributed by atoms with Gasteiger partial charge in [0.15, 0.2) is 0 Å². The van der Waals surface area contributed by atoms with Crippen molar-refractivity contribution < 1.29 is 9.53 Å². The minimum atomic E-state index is -0.347. The first-order valence-electron chi connectivity index (χ1n) is 7.96. The highest BCUT2D eigenvalue weighted by Crippen LogP contribution is 2.30. The number of methoxy groups -OCH3 is 1. The molecule has 4 rings (SSSR count). The molecule has 0 saturated carbocycles. The van der Waals surface area contributed by atoms with E-state index in [1.54, 1.807) is 30.6 Å². The molecular formula is C19H16N4O2S. The Kier molecular flexibility index (Phi) is 4.28. The monoisotopic (exact) mass is 364 g/mol. The van der Waals surface area contributed by atoms with E-state index in [-0.39, 0.29) is 6.03 Å². The molecule has 6 nitrogen and oxygen atoms in total. The standard InChI is InChI=1S/C19H16N4O2S/c1-25-15-6-4-5-14(11-15)20-19(24)22-18-17(13-8-10-26-12-13)21-16-7-2-3-9-23(16)18/h2-12H,1H3,(H2,20,22,24). The van der Waals surface area contributed by atoms with Crippen LogP contribution in [0.5, 0.6) is 5.75 Å². The topological polar surface area (TPSA) is 67.7 Å². The van der Waals surface area contributed by atoms with Crippen LogP contribution < -0.4 is 15.4 Å². The molecule has 0 bridgehead atoms. The van der Waals surface area contributed by atoms with E-state index in [0.29, 0.717) is 17.3 Å². The van der Waals surface area contributed by atoms with Gasteiger partial charge in [-0.1, -0.05) is 12.1 Å². The number of hydrogen-bond acceptors (Lipinski definition) is 4. The van der Waals surface area contributed by atoms with E-state index in [4.69, 9.17) is 4.74 Å². The third-order valence-electron chi connectivity index (χ3n) is 3.88. The predicted octanol–water partition coefficient (Wildman–Crippen LogP) is 4.72. The van der Waals surface area contributed by atoms with Gasteiger partial charge in [0.05, 0.1) is 7.11 Å². The Balaban J connectivity index is 1.65. The van der Waals surface area contributed by atoms with Crippen LogP contribution in [0.1, 0.15) is 0 Å². The number of rotatable bonds is 4. The van der Waals surface area contributed by atoms with Crippen LogP contribution in [0.3, 0.4) is 0 Å². The maximum atomic E-state index is 12.5. The maximum Gasteiger partial charge on any atom is 0.324 e. The van der Waals surface area contributed by atoms with Crippen molar-refractivity contribution in [1.29, 1.82) is 0 Å². The van der Waals surface area contributed by atoms with E-state index in [9.17, 15) is 4.79 Å². The fourth-order valence-corrected chi connectivity index (χ4v) is 3.33. The van der Waals surface area contributed by atoms with Crippen LogP contribution in [0.15, 0.2) is 65.5 Å². The number of nitrogens with one attached hydrogen (secondary N) is 2. The number of thiophene rings is 1. The minimum absolute atomic E-state index is 0.347. The van der Waals surface area contributed by atoms with Crippen molar-refractivity contribution >= 4 is 34.5 Å². The van der Waals surface area contributed by atoms with Gasteiger partial charge in [0, 0.05) is 28.9 Å². The lowest BCUT2D eigenvalue weighted by molar-refractivity contribution is 0.262. The zero-order chi connectivity index (χ0) is 17.9. The lowest BCUT2D eigenvalue weighted by Crippen LogP contribution is -2.20. The Hall–Kier alpha value is -3.32. The zero-order valence-electron chi connectivity index (χ0n) is 14.0. The Morgan fingerprint density at radius 1 is 1.15 bits per heavy atom. The van der Waals surface area contributed by atoms with E-state index >= 15 is 0 Å². The number of amides is 2. The molecule has 0 unspecified atom stereocenters. The second kappa shape index (κ2) is 6.89. The molecule has 2 amide bonds. The highest BCUT2D eigenvalue weighted by atomic mass is 32.1. The van der Waals surface area contributed by atoms with Crippen molar-refractivity contribution in [2.75, 3.05) is 17.7 Å². The van der Waals surface area contributed by atoms with Crippen LogP contribution in [0, 0.1) is 0 Å². The van der Waals surface area contributed by atoms with Gasteiger partial charge in [-0.05, 0) is 35.7 Å². The highest BCUT2D eigenvalue weighted by Gasteiger charge is 2.16. The quantitative estimate of drug-likeness (QED) is 0.551. The van der Waals surface area contributed by atoms with Crippen LogP contribution in [0.2, 0.25) is 0 Å². The number of nitrogens with zero attached hydrogens (tertiary/aromatic N) is 2. The number of fused-ring (bicyclic) bond motifs is 1. The first-order valence-corrected chi connectivity index (χ1v) is 8.90. The number of anilines is 2. The summed E-state index contributed by atoms with van der Waals surface area (Å²) in [6.07, 6.45) is 1.87. The molecule has 0 radical (unpaired) electrons. The van der Waals surface area contributed by atoms with E-state index < -0.39 is 0 Å². The van der Waals surface area contributed by atoms with Crippen LogP contribution in [-0.4, -0.2) is 22.5 Å². The lowest BCUT2D eigenvalue weighted by atomic mass is 10.2. The summed E-state index contributed by atoms with van der Waals surface area (Å²) in [4.78, 5) is 17.2. The Morgan fingerprint density at radius 3 is 2.88 bits per heavy atom. The van der Waals surface area contributed by atoms with Crippen molar-refractivity contribution in [2.45, 2.75) is 0 Å². The third kappa shape index (κ3) is 3.12. The first-order chi connectivity index (χ1) is 12.7. The minimum Gasteiger partial charge on any atom is -0.497 e. The van der Waals surface area contributed by atoms with Gasteiger partial charge in [0.1, 0.15) is 22.9 Å². The molecule has 0 saturated heterocycles. The van der Waals surface area contributed by atoms with Crippen molar-refractivity contribution in [1.82, 2.24) is 9.38 Å². The van der Waals surface area contributed by atoms with Gasteiger partial charge in [-0.15, -0.1) is 0 Å². The first kappa shape index (κ1) is 16.2. The van der Waals surface area contributed by atoms with Gasteiger partial charge in [0.2, 0.25) is 0 Å². The maximum absolute atomic E-state index is 12.5. The fourth-order valence-electron chi connectivity index (χ4n) is 2.69. The summed E-state index contributed by atoms with van der Waals surface area (Å²) in [7, 11) is 1.59. The van der Waals surface area contributed by atoms with Gasteiger partial charge in [-0.25, -0.2) is 9.78 Å². The van der Waals surface area contributed by atoms with Crippen molar-refractivity contribution in [3.63, 3.8) is 0 Å². The number of carbonyl (C=O) groups excluding carboxylic acids is 1. The molecule has 7 heteroatoms. The summed E-state index contributed by atoms with van der Waals surface area (Å²) in [6.45, 7) is 0. The zero-order valence-corrected chi connectivity index (χ0v) is 14.8. The summed E-state index contributed by atoms with van der Waals surface area (Å²) in [5, 5.41) is 9.74. The molecule has 0 spiro atoms. The Morgan fingerprint density at radius 2 is 2.08 bits per heavy atom. The molecule has 3 aromatic heterocycles. The van der Waals surface area contributed by atoms with Crippen molar-refractivity contribution in [2.24, 2.45) is 0 Å². The van der Waals surface area contributed by atoms with E-state index in [2.05, 4.69) is 15.6 Å². The molecule has 130 valence electrons. The molecule has 3 heterocycles. The van der Waals surface area contributed by atoms with Gasteiger partial charge < -0.3 is 10.1 Å². The van der Waals surface area contributed by atoms with E-state index in [1.807, 2.05) is 57.8 Å². The second-order valence-electron chi connectivity index (χ2n) is 5.56. The number of ether oxygens (including phenoxy) is 1. The molecular weight excluding hydrogens is 348 g/mol. The SMILES string of the molecule is COc1cccc(NC(=O)Nc2c(-c3ccsc3)nc3ccccn23)c1. The molecule has 2 N–H and O–H groups in total. The van der Waals surface area contributed by atoms with Crippen LogP contribution in [0.4, 0.5) is 16.3 Å². The summed E-state index contributed by atoms with van der Waals surface area (Å²) in [5.74, 6) is 1.30. The number of hydrogen-bond donors (Lipinski definition) is 2. The molecule has 0 aliphatic rings. The highest BCUT2D eigenvalue weighted by molar-refractivity contribution is 7.08. The Bertz CT molecular complexity index is 1060. The molecule has 0 fully saturated rings. The van der Waals surface area contributed by atoms with Crippen molar-refractivity contribution in [3.8, 4) is 17.0 Å². The Labute approximate surface area is 154 Å². The van der Waals surface area contributed by atoms with Gasteiger partial charge in [-0.2, -0.15) is 11.3 Å². The fraction of sp³-hybridized carbons (Fsp3) is 0.0526. The number of urea groups is 1. The number of carbonyl (C=O) groups is 1. The average Bonchev–Trinajstić information content (AvgIpc) is 3.30. The van der Waals surface area contributed by atoms with Gasteiger partial charge in [0.25, 0.3) is 0 Å². The van der Waals surface area contributed by atoms with Crippen LogP contribution in [0.25, 0.3) is 16.9 Å². The predicted molar refractivity (Wildman–Crippen MR) is 104 cm³/mol. The largest absolute Gasteiger partial charge is 0.497 e. The summed E-state index contributed by atoms with van der Waals surface area (Å²) < 4.78 is 7.04.